The number of allylic oxidation sites excluding steroid dienone is 2. The highest BCUT2D eigenvalue weighted by Gasteiger charge is 2.32. The summed E-state index contributed by atoms with van der Waals surface area (Å²) in [6, 6.07) is 4.73. The van der Waals surface area contributed by atoms with Gasteiger partial charge in [0, 0.05) is 12.8 Å². The Balaban J connectivity index is 2.47. The molecule has 0 spiro atoms. The van der Waals surface area contributed by atoms with Crippen molar-refractivity contribution in [2.75, 3.05) is 21.3 Å². The molecule has 0 fully saturated rings. The molecule has 0 heterocycles. The fraction of sp³-hybridized carbons (Fsp3) is 0.550. The van der Waals surface area contributed by atoms with Gasteiger partial charge in [0.2, 0.25) is 14.1 Å². The summed E-state index contributed by atoms with van der Waals surface area (Å²) in [7, 11) is 2.86. The summed E-state index contributed by atoms with van der Waals surface area (Å²) in [5, 5.41) is 0. The van der Waals surface area contributed by atoms with Crippen molar-refractivity contribution < 1.29 is 23.4 Å². The predicted octanol–water partition coefficient (Wildman–Crippen LogP) is 4.81. The summed E-state index contributed by atoms with van der Waals surface area (Å²) in [6.07, 6.45) is 3.45. The second-order valence-electron chi connectivity index (χ2n) is 7.10. The molecule has 0 aliphatic heterocycles. The van der Waals surface area contributed by atoms with E-state index < -0.39 is 8.32 Å². The van der Waals surface area contributed by atoms with Crippen LogP contribution in [0.5, 0.6) is 17.2 Å². The van der Waals surface area contributed by atoms with Crippen molar-refractivity contribution in [1.29, 1.82) is 0 Å². The Morgan fingerprint density at radius 2 is 1.62 bits per heavy atom. The number of Topliss-reactive ketones (excluding diaryl/α,β-unsaturated/α-hetero) is 1. The maximum Gasteiger partial charge on any atom is 0.244 e. The maximum absolute atomic E-state index is 12.6. The molecule has 1 aromatic rings. The second-order valence-corrected chi connectivity index (χ2v) is 11.3. The minimum atomic E-state index is -1.85. The zero-order valence-electron chi connectivity index (χ0n) is 16.7. The van der Waals surface area contributed by atoms with Crippen molar-refractivity contribution >= 4 is 19.7 Å². The van der Waals surface area contributed by atoms with Crippen molar-refractivity contribution in [2.24, 2.45) is 0 Å². The van der Waals surface area contributed by atoms with Crippen LogP contribution in [0.4, 0.5) is 0 Å². The molecule has 0 unspecified atom stereocenters. The molecule has 1 aliphatic carbocycles. The van der Waals surface area contributed by atoms with Crippen molar-refractivity contribution in [2.45, 2.75) is 51.7 Å². The van der Waals surface area contributed by atoms with Gasteiger partial charge in [0.1, 0.15) is 0 Å². The van der Waals surface area contributed by atoms with E-state index in [2.05, 4.69) is 20.0 Å². The third kappa shape index (κ3) is 4.41. The van der Waals surface area contributed by atoms with Crippen molar-refractivity contribution in [3.8, 4) is 17.2 Å². The second kappa shape index (κ2) is 8.62. The first-order valence-corrected chi connectivity index (χ1v) is 12.2. The van der Waals surface area contributed by atoms with Crippen LogP contribution in [-0.4, -0.2) is 35.4 Å². The number of ether oxygens (including phenoxy) is 3. The quantitative estimate of drug-likeness (QED) is 0.577. The largest absolute Gasteiger partial charge is 0.546 e. The van der Waals surface area contributed by atoms with Crippen LogP contribution in [0, 0.1) is 0 Å². The third-order valence-corrected chi connectivity index (χ3v) is 6.98. The summed E-state index contributed by atoms with van der Waals surface area (Å²) in [5.74, 6) is 2.52. The first kappa shape index (κ1) is 20.4. The van der Waals surface area contributed by atoms with E-state index >= 15 is 0 Å². The molecule has 2 rings (SSSR count). The van der Waals surface area contributed by atoms with E-state index in [4.69, 9.17) is 18.6 Å². The highest BCUT2D eigenvalue weighted by atomic mass is 28.4. The molecule has 0 atom stereocenters. The van der Waals surface area contributed by atoms with Crippen LogP contribution < -0.4 is 14.2 Å². The molecular formula is C20H30O5Si. The molecule has 0 amide bonds. The molecule has 6 heteroatoms. The minimum absolute atomic E-state index is 0.106. The van der Waals surface area contributed by atoms with Crippen LogP contribution in [0.25, 0.3) is 5.57 Å². The first-order chi connectivity index (χ1) is 12.4. The number of ketones is 1. The SMILES string of the molecule is CCCC[Si](C)(C)OC1=C(c2cc(OC)c(OC)c(OC)c2)C(=O)CC1. The Hall–Kier alpha value is -1.95. The molecule has 144 valence electrons. The summed E-state index contributed by atoms with van der Waals surface area (Å²) in [4.78, 5) is 12.6. The fourth-order valence-electron chi connectivity index (χ4n) is 3.27. The summed E-state index contributed by atoms with van der Waals surface area (Å²) < 4.78 is 22.7. The molecule has 1 aromatic carbocycles. The van der Waals surface area contributed by atoms with Gasteiger partial charge in [-0.15, -0.1) is 0 Å². The summed E-state index contributed by atoms with van der Waals surface area (Å²) in [5.41, 5.74) is 1.42. The minimum Gasteiger partial charge on any atom is -0.546 e. The van der Waals surface area contributed by atoms with Crippen LogP contribution in [0.15, 0.2) is 17.9 Å². The predicted molar refractivity (Wildman–Crippen MR) is 106 cm³/mol. The van der Waals surface area contributed by atoms with Gasteiger partial charge in [-0.25, -0.2) is 0 Å². The van der Waals surface area contributed by atoms with Gasteiger partial charge in [-0.2, -0.15) is 0 Å². The van der Waals surface area contributed by atoms with Gasteiger partial charge < -0.3 is 18.6 Å². The monoisotopic (exact) mass is 378 g/mol. The summed E-state index contributed by atoms with van der Waals surface area (Å²) in [6.45, 7) is 6.61. The average molecular weight is 379 g/mol. The standard InChI is InChI=1S/C20H30O5Si/c1-7-8-11-26(5,6)25-16-10-9-15(21)19(16)14-12-17(22-2)20(24-4)18(13-14)23-3/h12-13H,7-11H2,1-6H3. The van der Waals surface area contributed by atoms with Gasteiger partial charge in [0.15, 0.2) is 17.3 Å². The normalized spacial score (nSPS) is 14.6. The van der Waals surface area contributed by atoms with Gasteiger partial charge in [-0.1, -0.05) is 19.8 Å². The van der Waals surface area contributed by atoms with Gasteiger partial charge in [0.25, 0.3) is 0 Å². The van der Waals surface area contributed by atoms with E-state index in [0.29, 0.717) is 35.7 Å². The van der Waals surface area contributed by atoms with Crippen LogP contribution in [-0.2, 0) is 9.22 Å². The highest BCUT2D eigenvalue weighted by molar-refractivity contribution is 6.71. The smallest absolute Gasteiger partial charge is 0.244 e. The molecule has 0 N–H and O–H groups in total. The highest BCUT2D eigenvalue weighted by Crippen LogP contribution is 2.43. The number of hydrogen-bond acceptors (Lipinski definition) is 5. The molecule has 0 saturated carbocycles. The van der Waals surface area contributed by atoms with Crippen LogP contribution in [0.3, 0.4) is 0 Å². The molecule has 0 saturated heterocycles. The Morgan fingerprint density at radius 3 is 2.12 bits per heavy atom. The summed E-state index contributed by atoms with van der Waals surface area (Å²) >= 11 is 0. The average Bonchev–Trinajstić information content (AvgIpc) is 2.98. The zero-order valence-corrected chi connectivity index (χ0v) is 17.7. The molecular weight excluding hydrogens is 348 g/mol. The number of hydrogen-bond donors (Lipinski definition) is 0. The van der Waals surface area contributed by atoms with Gasteiger partial charge in [0.05, 0.1) is 32.7 Å². The van der Waals surface area contributed by atoms with Gasteiger partial charge in [-0.05, 0) is 36.8 Å². The van der Waals surface area contributed by atoms with E-state index in [-0.39, 0.29) is 5.78 Å². The van der Waals surface area contributed by atoms with Gasteiger partial charge >= 0.3 is 0 Å². The third-order valence-electron chi connectivity index (χ3n) is 4.62. The number of rotatable bonds is 9. The molecule has 26 heavy (non-hydrogen) atoms. The van der Waals surface area contributed by atoms with Crippen LogP contribution in [0.2, 0.25) is 19.1 Å². The van der Waals surface area contributed by atoms with Crippen LogP contribution in [0.1, 0.15) is 38.2 Å². The van der Waals surface area contributed by atoms with E-state index in [1.54, 1.807) is 21.3 Å². The van der Waals surface area contributed by atoms with Crippen molar-refractivity contribution in [3.05, 3.63) is 23.5 Å². The zero-order chi connectivity index (χ0) is 19.3. The maximum atomic E-state index is 12.6. The Labute approximate surface area is 157 Å². The lowest BCUT2D eigenvalue weighted by Gasteiger charge is -2.26. The number of benzene rings is 1. The number of carbonyl (C=O) groups excluding carboxylic acids is 1. The van der Waals surface area contributed by atoms with Crippen molar-refractivity contribution in [3.63, 3.8) is 0 Å². The Morgan fingerprint density at radius 1 is 1.00 bits per heavy atom. The lowest BCUT2D eigenvalue weighted by atomic mass is 10.0. The fourth-order valence-corrected chi connectivity index (χ4v) is 5.45. The Bertz CT molecular complexity index is 668. The van der Waals surface area contributed by atoms with E-state index in [1.807, 2.05) is 12.1 Å². The molecule has 1 aliphatic rings. The number of unbranched alkanes of at least 4 members (excludes halogenated alkanes) is 1. The van der Waals surface area contributed by atoms with Gasteiger partial charge in [-0.3, -0.25) is 4.79 Å². The first-order valence-electron chi connectivity index (χ1n) is 9.12. The van der Waals surface area contributed by atoms with Crippen LogP contribution >= 0.6 is 0 Å². The molecule has 0 radical (unpaired) electrons. The lowest BCUT2D eigenvalue weighted by molar-refractivity contribution is -0.113. The van der Waals surface area contributed by atoms with Crippen molar-refractivity contribution in [1.82, 2.24) is 0 Å². The molecule has 0 aromatic heterocycles. The Kier molecular flexibility index (Phi) is 6.75. The number of carbonyl (C=O) groups is 1. The lowest BCUT2D eigenvalue weighted by Crippen LogP contribution is -2.29. The van der Waals surface area contributed by atoms with E-state index in [1.165, 1.54) is 0 Å². The number of methoxy groups -OCH3 is 3. The molecule has 0 bridgehead atoms. The topological polar surface area (TPSA) is 54.0 Å². The van der Waals surface area contributed by atoms with E-state index in [0.717, 1.165) is 30.2 Å². The van der Waals surface area contributed by atoms with E-state index in [9.17, 15) is 4.79 Å². The molecule has 5 nitrogen and oxygen atoms in total.